The monoisotopic (exact) mass is 437 g/mol. The fraction of sp³-hybridized carbons (Fsp3) is 0.278. The van der Waals surface area contributed by atoms with Crippen LogP contribution in [0.25, 0.3) is 5.69 Å². The third-order valence-electron chi connectivity index (χ3n) is 4.28. The van der Waals surface area contributed by atoms with Gasteiger partial charge in [-0.3, -0.25) is 9.78 Å². The molecule has 1 aromatic carbocycles. The van der Waals surface area contributed by atoms with Crippen molar-refractivity contribution in [2.45, 2.75) is 32.6 Å². The number of rotatable bonds is 6. The summed E-state index contributed by atoms with van der Waals surface area (Å²) in [6.07, 6.45) is 3.79. The number of nitrogens with one attached hydrogen (secondary N) is 1. The summed E-state index contributed by atoms with van der Waals surface area (Å²) in [4.78, 5) is 33.4. The molecule has 2 N–H and O–H groups in total. The molecule has 0 saturated carbocycles. The molecule has 152 valence electrons. The number of hydrogen-bond acceptors (Lipinski definition) is 7. The molecule has 0 aliphatic rings. The highest BCUT2D eigenvalue weighted by molar-refractivity contribution is 6.37. The van der Waals surface area contributed by atoms with Gasteiger partial charge in [0, 0.05) is 5.92 Å². The Kier molecular flexibility index (Phi) is 6.19. The minimum Gasteiger partial charge on any atom is -0.504 e. The molecule has 3 aromatic rings. The summed E-state index contributed by atoms with van der Waals surface area (Å²) in [5.41, 5.74) is -0.651. The Morgan fingerprint density at radius 1 is 1.17 bits per heavy atom. The van der Waals surface area contributed by atoms with Crippen molar-refractivity contribution in [3.8, 4) is 23.2 Å². The Bertz CT molecular complexity index is 1130. The van der Waals surface area contributed by atoms with E-state index in [9.17, 15) is 14.7 Å². The van der Waals surface area contributed by atoms with E-state index in [1.807, 2.05) is 13.8 Å². The lowest BCUT2D eigenvalue weighted by Crippen LogP contribution is -2.30. The van der Waals surface area contributed by atoms with Gasteiger partial charge in [0.25, 0.3) is 5.56 Å². The van der Waals surface area contributed by atoms with Crippen molar-refractivity contribution in [3.05, 3.63) is 61.1 Å². The molecule has 0 atom stereocenters. The van der Waals surface area contributed by atoms with Gasteiger partial charge in [0.15, 0.2) is 11.5 Å². The zero-order valence-corrected chi connectivity index (χ0v) is 17.0. The van der Waals surface area contributed by atoms with Gasteiger partial charge in [-0.05, 0) is 25.0 Å². The smallest absolute Gasteiger partial charge is 0.349 e. The molecule has 29 heavy (non-hydrogen) atoms. The van der Waals surface area contributed by atoms with Crippen LogP contribution in [0.2, 0.25) is 10.0 Å². The summed E-state index contributed by atoms with van der Waals surface area (Å²) < 4.78 is 6.59. The zero-order valence-electron chi connectivity index (χ0n) is 15.5. The maximum atomic E-state index is 11.9. The predicted octanol–water partition coefficient (Wildman–Crippen LogP) is 3.42. The average Bonchev–Trinajstić information content (AvgIpc) is 2.67. The van der Waals surface area contributed by atoms with Crippen LogP contribution in [0.15, 0.2) is 34.1 Å². The maximum Gasteiger partial charge on any atom is 0.349 e. The first kappa shape index (κ1) is 20.8. The lowest BCUT2D eigenvalue weighted by Gasteiger charge is -2.15. The van der Waals surface area contributed by atoms with E-state index in [4.69, 9.17) is 27.9 Å². The first-order chi connectivity index (χ1) is 13.8. The Labute approximate surface area is 174 Å². The Morgan fingerprint density at radius 3 is 2.41 bits per heavy atom. The summed E-state index contributed by atoms with van der Waals surface area (Å²) in [6.45, 7) is 3.99. The third kappa shape index (κ3) is 4.41. The first-order valence-corrected chi connectivity index (χ1v) is 9.51. The third-order valence-corrected chi connectivity index (χ3v) is 4.84. The normalized spacial score (nSPS) is 11.1. The summed E-state index contributed by atoms with van der Waals surface area (Å²) in [7, 11) is 0. The predicted molar refractivity (Wildman–Crippen MR) is 108 cm³/mol. The van der Waals surface area contributed by atoms with Crippen molar-refractivity contribution in [2.75, 3.05) is 0 Å². The number of halogens is 2. The Morgan fingerprint density at radius 2 is 1.83 bits per heavy atom. The summed E-state index contributed by atoms with van der Waals surface area (Å²) in [5, 5.41) is 14.0. The van der Waals surface area contributed by atoms with Crippen molar-refractivity contribution in [2.24, 2.45) is 0 Å². The fourth-order valence-corrected chi connectivity index (χ4v) is 3.34. The van der Waals surface area contributed by atoms with Crippen LogP contribution in [0.3, 0.4) is 0 Å². The minimum atomic E-state index is -0.741. The van der Waals surface area contributed by atoms with Crippen LogP contribution in [0.1, 0.15) is 38.3 Å². The van der Waals surface area contributed by atoms with Gasteiger partial charge >= 0.3 is 11.7 Å². The van der Waals surface area contributed by atoms with Crippen LogP contribution in [0.5, 0.6) is 17.5 Å². The van der Waals surface area contributed by atoms with Crippen molar-refractivity contribution in [3.63, 3.8) is 0 Å². The molecule has 0 bridgehead atoms. The largest absolute Gasteiger partial charge is 0.504 e. The molecule has 0 unspecified atom stereocenters. The van der Waals surface area contributed by atoms with Crippen LogP contribution in [0, 0.1) is 0 Å². The molecule has 0 aliphatic heterocycles. The molecule has 11 heteroatoms. The second-order valence-corrected chi connectivity index (χ2v) is 6.94. The van der Waals surface area contributed by atoms with E-state index in [-0.39, 0.29) is 39.2 Å². The molecule has 2 heterocycles. The van der Waals surface area contributed by atoms with Crippen LogP contribution >= 0.6 is 23.2 Å². The second kappa shape index (κ2) is 8.62. The number of ether oxygens (including phenoxy) is 1. The number of nitrogens with zero attached hydrogens (tertiary/aromatic N) is 4. The molecule has 0 aliphatic carbocycles. The van der Waals surface area contributed by atoms with Crippen molar-refractivity contribution in [1.82, 2.24) is 24.7 Å². The quantitative estimate of drug-likeness (QED) is 0.605. The molecular weight excluding hydrogens is 421 g/mol. The van der Waals surface area contributed by atoms with Crippen LogP contribution in [-0.4, -0.2) is 29.8 Å². The first-order valence-electron chi connectivity index (χ1n) is 8.75. The molecule has 0 saturated heterocycles. The molecule has 9 nitrogen and oxygen atoms in total. The van der Waals surface area contributed by atoms with Gasteiger partial charge in [-0.2, -0.15) is 19.7 Å². The number of benzene rings is 1. The molecule has 0 radical (unpaired) electrons. The lowest BCUT2D eigenvalue weighted by atomic mass is 9.99. The SMILES string of the molecule is CCC(CC)c1nc(Oc2c(Cl)cc(-n3ncc(=O)[nH]c3=O)cc2Cl)ncc1O. The zero-order chi connectivity index (χ0) is 21.1. The minimum absolute atomic E-state index is 0.0119. The molecule has 3 rings (SSSR count). The average molecular weight is 438 g/mol. The number of H-pyrrole nitrogens is 1. The molecule has 0 amide bonds. The highest BCUT2D eigenvalue weighted by atomic mass is 35.5. The Balaban J connectivity index is 1.98. The van der Waals surface area contributed by atoms with Crippen LogP contribution < -0.4 is 16.0 Å². The Hall–Kier alpha value is -2.91. The van der Waals surface area contributed by atoms with Crippen molar-refractivity contribution < 1.29 is 9.84 Å². The van der Waals surface area contributed by atoms with E-state index in [1.54, 1.807) is 0 Å². The van der Waals surface area contributed by atoms with Gasteiger partial charge < -0.3 is 9.84 Å². The molecule has 0 fully saturated rings. The van der Waals surface area contributed by atoms with Gasteiger partial charge in [0.2, 0.25) is 0 Å². The van der Waals surface area contributed by atoms with Gasteiger partial charge in [0.1, 0.15) is 6.20 Å². The van der Waals surface area contributed by atoms with Gasteiger partial charge in [-0.15, -0.1) is 0 Å². The number of aromatic hydroxyl groups is 1. The van der Waals surface area contributed by atoms with E-state index in [0.717, 1.165) is 23.7 Å². The van der Waals surface area contributed by atoms with E-state index in [2.05, 4.69) is 20.1 Å². The molecule has 0 spiro atoms. The highest BCUT2D eigenvalue weighted by Gasteiger charge is 2.18. The topological polar surface area (TPSA) is 123 Å². The van der Waals surface area contributed by atoms with E-state index in [1.165, 1.54) is 18.3 Å². The summed E-state index contributed by atoms with van der Waals surface area (Å²) >= 11 is 12.6. The number of aromatic nitrogens is 5. The van der Waals surface area contributed by atoms with E-state index in [0.29, 0.717) is 5.69 Å². The lowest BCUT2D eigenvalue weighted by molar-refractivity contribution is 0.411. The van der Waals surface area contributed by atoms with Gasteiger partial charge in [0.05, 0.1) is 27.6 Å². The number of hydrogen-bond donors (Lipinski definition) is 2. The standard InChI is InChI=1S/C18H17Cl2N5O4/c1-3-9(4-2)15-13(26)7-21-17(24-15)29-16-11(19)5-10(6-12(16)20)25-18(28)23-14(27)8-22-25/h5-9,26H,3-4H2,1-2H3,(H,23,27,28). The molecular formula is C18H17Cl2N5O4. The maximum absolute atomic E-state index is 11.9. The highest BCUT2D eigenvalue weighted by Crippen LogP contribution is 2.38. The van der Waals surface area contributed by atoms with Crippen molar-refractivity contribution >= 4 is 23.2 Å². The van der Waals surface area contributed by atoms with Gasteiger partial charge in [-0.1, -0.05) is 37.0 Å². The van der Waals surface area contributed by atoms with E-state index < -0.39 is 11.2 Å². The van der Waals surface area contributed by atoms with Crippen LogP contribution in [-0.2, 0) is 0 Å². The van der Waals surface area contributed by atoms with Gasteiger partial charge in [-0.25, -0.2) is 4.79 Å². The summed E-state index contributed by atoms with van der Waals surface area (Å²) in [5.74, 6) is 0.115. The van der Waals surface area contributed by atoms with E-state index >= 15 is 0 Å². The van der Waals surface area contributed by atoms with Crippen molar-refractivity contribution in [1.29, 1.82) is 0 Å². The summed E-state index contributed by atoms with van der Waals surface area (Å²) in [6, 6.07) is 2.77. The molecule has 2 aromatic heterocycles. The number of aromatic amines is 1. The van der Waals surface area contributed by atoms with Crippen LogP contribution in [0.4, 0.5) is 0 Å². The fourth-order valence-electron chi connectivity index (χ4n) is 2.79. The second-order valence-electron chi connectivity index (χ2n) is 6.13.